The molecule has 7 nitrogen and oxygen atoms in total. The Balaban J connectivity index is 2.59. The van der Waals surface area contributed by atoms with Crippen molar-refractivity contribution in [1.29, 1.82) is 0 Å². The van der Waals surface area contributed by atoms with Gasteiger partial charge in [-0.3, -0.25) is 0 Å². The van der Waals surface area contributed by atoms with E-state index in [2.05, 4.69) is 10.3 Å². The Morgan fingerprint density at radius 1 is 1.58 bits per heavy atom. The summed E-state index contributed by atoms with van der Waals surface area (Å²) in [6, 6.07) is -1.90. The summed E-state index contributed by atoms with van der Waals surface area (Å²) in [6.45, 7) is 3.45. The van der Waals surface area contributed by atoms with Gasteiger partial charge >= 0.3 is 12.0 Å². The van der Waals surface area contributed by atoms with Gasteiger partial charge in [0.1, 0.15) is 0 Å². The van der Waals surface area contributed by atoms with Crippen LogP contribution in [0.1, 0.15) is 17.6 Å². The molecule has 1 aromatic heterocycles. The van der Waals surface area contributed by atoms with E-state index in [-0.39, 0.29) is 6.54 Å². The molecule has 0 aliphatic heterocycles. The number of nitrogens with zero attached hydrogens (tertiary/aromatic N) is 2. The minimum atomic E-state index is -1.33. The Morgan fingerprint density at radius 3 is 2.63 bits per heavy atom. The van der Waals surface area contributed by atoms with Crippen molar-refractivity contribution >= 4 is 23.3 Å². The van der Waals surface area contributed by atoms with Gasteiger partial charge in [-0.25, -0.2) is 14.6 Å². The Bertz CT molecular complexity index is 461. The van der Waals surface area contributed by atoms with E-state index in [0.29, 0.717) is 0 Å². The monoisotopic (exact) mass is 287 g/mol. The molecule has 2 atom stereocenters. The lowest BCUT2D eigenvalue weighted by atomic mass is 10.2. The number of urea groups is 1. The van der Waals surface area contributed by atoms with Gasteiger partial charge in [0.2, 0.25) is 0 Å². The molecule has 0 fully saturated rings. The van der Waals surface area contributed by atoms with Gasteiger partial charge in [0, 0.05) is 12.4 Å². The van der Waals surface area contributed by atoms with E-state index in [1.165, 1.54) is 30.2 Å². The largest absolute Gasteiger partial charge is 0.480 e. The molecule has 8 heteroatoms. The smallest absolute Gasteiger partial charge is 0.328 e. The van der Waals surface area contributed by atoms with Crippen LogP contribution in [-0.2, 0) is 11.3 Å². The molecule has 3 N–H and O–H groups in total. The molecule has 0 aliphatic carbocycles. The van der Waals surface area contributed by atoms with E-state index in [9.17, 15) is 14.7 Å². The first-order chi connectivity index (χ1) is 8.81. The number of hydrogen-bond acceptors (Lipinski definition) is 5. The molecule has 1 aromatic rings. The number of aliphatic carboxylic acids is 1. The molecule has 0 aliphatic rings. The summed E-state index contributed by atoms with van der Waals surface area (Å²) in [6.07, 6.45) is -1.17. The van der Waals surface area contributed by atoms with Crippen LogP contribution in [0.15, 0.2) is 5.38 Å². The number of amides is 2. The maximum absolute atomic E-state index is 11.8. The van der Waals surface area contributed by atoms with Crippen LogP contribution in [0.3, 0.4) is 0 Å². The maximum atomic E-state index is 11.8. The molecule has 0 radical (unpaired) electrons. The highest BCUT2D eigenvalue weighted by atomic mass is 32.1. The molecule has 106 valence electrons. The number of carboxylic acid groups (broad SMARTS) is 1. The number of aryl methyl sites for hydroxylation is 1. The predicted octanol–water partition coefficient (Wildman–Crippen LogP) is 0.427. The van der Waals surface area contributed by atoms with Gasteiger partial charge in [0.05, 0.1) is 23.4 Å². The molecule has 0 saturated heterocycles. The normalized spacial score (nSPS) is 13.7. The fourth-order valence-corrected chi connectivity index (χ4v) is 2.03. The highest BCUT2D eigenvalue weighted by Crippen LogP contribution is 2.09. The third-order valence-electron chi connectivity index (χ3n) is 2.44. The van der Waals surface area contributed by atoms with Gasteiger partial charge in [-0.1, -0.05) is 0 Å². The maximum Gasteiger partial charge on any atom is 0.328 e. The third-order valence-corrected chi connectivity index (χ3v) is 3.26. The fourth-order valence-electron chi connectivity index (χ4n) is 1.43. The molecule has 0 aromatic carbocycles. The number of nitrogens with one attached hydrogen (secondary N) is 1. The molecule has 19 heavy (non-hydrogen) atoms. The van der Waals surface area contributed by atoms with E-state index in [1.807, 2.05) is 12.3 Å². The molecule has 0 unspecified atom stereocenters. The van der Waals surface area contributed by atoms with Crippen molar-refractivity contribution in [1.82, 2.24) is 15.2 Å². The zero-order valence-electron chi connectivity index (χ0n) is 11.0. The van der Waals surface area contributed by atoms with E-state index in [0.717, 1.165) is 10.7 Å². The summed E-state index contributed by atoms with van der Waals surface area (Å²) >= 11 is 1.48. The quantitative estimate of drug-likeness (QED) is 0.728. The summed E-state index contributed by atoms with van der Waals surface area (Å²) in [5.74, 6) is -1.28. The lowest BCUT2D eigenvalue weighted by Crippen LogP contribution is -2.51. The zero-order valence-corrected chi connectivity index (χ0v) is 11.8. The van der Waals surface area contributed by atoms with Crippen molar-refractivity contribution in [2.24, 2.45) is 0 Å². The van der Waals surface area contributed by atoms with Crippen LogP contribution >= 0.6 is 11.3 Å². The highest BCUT2D eigenvalue weighted by Gasteiger charge is 2.26. The molecule has 0 spiro atoms. The number of carbonyl (C=O) groups excluding carboxylic acids is 1. The Labute approximate surface area is 114 Å². The number of carboxylic acids is 1. The first-order valence-electron chi connectivity index (χ1n) is 5.64. The van der Waals surface area contributed by atoms with Crippen molar-refractivity contribution in [3.05, 3.63) is 16.1 Å². The van der Waals surface area contributed by atoms with Crippen molar-refractivity contribution in [3.63, 3.8) is 0 Å². The molecule has 2 amide bonds. The standard InChI is InChI=1S/C11H17N3O4S/c1-6(15)9(10(16)17)13-11(18)14(3)4-8-5-19-7(2)12-8/h5-6,9,15H,4H2,1-3H3,(H,13,18)(H,16,17)/t6-,9+/m1/s1. The molecule has 1 heterocycles. The van der Waals surface area contributed by atoms with E-state index < -0.39 is 24.1 Å². The summed E-state index contributed by atoms with van der Waals surface area (Å²) in [7, 11) is 1.53. The minimum absolute atomic E-state index is 0.280. The average molecular weight is 287 g/mol. The third kappa shape index (κ3) is 4.49. The first-order valence-corrected chi connectivity index (χ1v) is 6.52. The second-order valence-electron chi connectivity index (χ2n) is 4.22. The Morgan fingerprint density at radius 2 is 2.21 bits per heavy atom. The van der Waals surface area contributed by atoms with Crippen LogP contribution in [0.4, 0.5) is 4.79 Å². The van der Waals surface area contributed by atoms with Crippen LogP contribution in [-0.4, -0.2) is 51.3 Å². The minimum Gasteiger partial charge on any atom is -0.480 e. The summed E-state index contributed by atoms with van der Waals surface area (Å²) < 4.78 is 0. The highest BCUT2D eigenvalue weighted by molar-refractivity contribution is 7.09. The van der Waals surface area contributed by atoms with Crippen LogP contribution in [0.2, 0.25) is 0 Å². The van der Waals surface area contributed by atoms with Gasteiger partial charge in [-0.2, -0.15) is 0 Å². The van der Waals surface area contributed by atoms with Crippen LogP contribution in [0, 0.1) is 6.92 Å². The van der Waals surface area contributed by atoms with Crippen molar-refractivity contribution < 1.29 is 19.8 Å². The van der Waals surface area contributed by atoms with Gasteiger partial charge in [-0.05, 0) is 13.8 Å². The lowest BCUT2D eigenvalue weighted by molar-refractivity contribution is -0.141. The van der Waals surface area contributed by atoms with Gasteiger partial charge in [0.25, 0.3) is 0 Å². The average Bonchev–Trinajstić information content (AvgIpc) is 2.70. The Hall–Kier alpha value is -1.67. The first kappa shape index (κ1) is 15.4. The van der Waals surface area contributed by atoms with Crippen molar-refractivity contribution in [2.75, 3.05) is 7.05 Å². The van der Waals surface area contributed by atoms with E-state index in [1.54, 1.807) is 0 Å². The molecule has 0 saturated carbocycles. The second kappa shape index (κ2) is 6.48. The zero-order chi connectivity index (χ0) is 14.6. The molecule has 1 rings (SSSR count). The predicted molar refractivity (Wildman–Crippen MR) is 70.0 cm³/mol. The van der Waals surface area contributed by atoms with Crippen molar-refractivity contribution in [2.45, 2.75) is 32.5 Å². The van der Waals surface area contributed by atoms with Crippen LogP contribution in [0.5, 0.6) is 0 Å². The summed E-state index contributed by atoms with van der Waals surface area (Å²) in [4.78, 5) is 28.2. The molecular weight excluding hydrogens is 270 g/mol. The SMILES string of the molecule is Cc1nc(CN(C)C(=O)N[C@H](C(=O)O)[C@@H](C)O)cs1. The molecule has 0 bridgehead atoms. The van der Waals surface area contributed by atoms with Gasteiger partial charge in [0.15, 0.2) is 6.04 Å². The summed E-state index contributed by atoms with van der Waals surface area (Å²) in [5.41, 5.74) is 0.740. The number of aliphatic hydroxyl groups excluding tert-OH is 1. The van der Waals surface area contributed by atoms with Crippen LogP contribution < -0.4 is 5.32 Å². The van der Waals surface area contributed by atoms with Crippen molar-refractivity contribution in [3.8, 4) is 0 Å². The van der Waals surface area contributed by atoms with Gasteiger partial charge in [-0.15, -0.1) is 11.3 Å². The van der Waals surface area contributed by atoms with E-state index >= 15 is 0 Å². The van der Waals surface area contributed by atoms with Gasteiger partial charge < -0.3 is 20.4 Å². The summed E-state index contributed by atoms with van der Waals surface area (Å²) in [5, 5.41) is 23.1. The topological polar surface area (TPSA) is 103 Å². The Kier molecular flexibility index (Phi) is 5.25. The number of carbonyl (C=O) groups is 2. The number of aromatic nitrogens is 1. The number of rotatable bonds is 5. The van der Waals surface area contributed by atoms with E-state index in [4.69, 9.17) is 5.11 Å². The number of hydrogen-bond donors (Lipinski definition) is 3. The number of aliphatic hydroxyl groups is 1. The number of thiazole rings is 1. The molecular formula is C11H17N3O4S. The second-order valence-corrected chi connectivity index (χ2v) is 5.28. The fraction of sp³-hybridized carbons (Fsp3) is 0.545. The van der Waals surface area contributed by atoms with Crippen LogP contribution in [0.25, 0.3) is 0 Å². The lowest BCUT2D eigenvalue weighted by Gasteiger charge is -2.22.